The summed E-state index contributed by atoms with van der Waals surface area (Å²) < 4.78 is 25.1. The van der Waals surface area contributed by atoms with E-state index in [9.17, 15) is 14.7 Å². The number of hydrogen-bond donors (Lipinski definition) is 1. The summed E-state index contributed by atoms with van der Waals surface area (Å²) in [6, 6.07) is 16.9. The Morgan fingerprint density at radius 1 is 0.674 bits per heavy atom. The molecule has 0 bridgehead atoms. The molecule has 1 N–H and O–H groups in total. The van der Waals surface area contributed by atoms with Gasteiger partial charge in [-0.25, -0.2) is 0 Å². The highest BCUT2D eigenvalue weighted by Crippen LogP contribution is 2.38. The van der Waals surface area contributed by atoms with Crippen molar-refractivity contribution in [3.05, 3.63) is 91.0 Å². The van der Waals surface area contributed by atoms with Gasteiger partial charge in [0.25, 0.3) is 0 Å². The summed E-state index contributed by atoms with van der Waals surface area (Å²) in [5.41, 5.74) is 1.57. The zero-order valence-electron chi connectivity index (χ0n) is 23.1. The number of aromatic hydroxyl groups is 1. The molecule has 4 aromatic carbocycles. The third-order valence-electron chi connectivity index (χ3n) is 5.66. The first kappa shape index (κ1) is 35.0. The predicted molar refractivity (Wildman–Crippen MR) is 196 cm³/mol. The van der Waals surface area contributed by atoms with Crippen molar-refractivity contribution in [3.63, 3.8) is 0 Å². The number of carbonyl (C=O) groups excluding carboxylic acids is 2. The Bertz CT molecular complexity index is 1690. The zero-order chi connectivity index (χ0) is 31.8. The number of halogens is 4. The van der Waals surface area contributed by atoms with E-state index in [1.54, 1.807) is 54.6 Å². The van der Waals surface area contributed by atoms with E-state index in [0.29, 0.717) is 45.6 Å². The largest absolute Gasteiger partial charge is 0.504 e. The van der Waals surface area contributed by atoms with Gasteiger partial charge in [-0.15, -0.1) is 0 Å². The van der Waals surface area contributed by atoms with E-state index in [2.05, 4.69) is 95.3 Å². The van der Waals surface area contributed by atoms with Crippen LogP contribution in [0.4, 0.5) is 5.69 Å². The number of benzene rings is 4. The number of Topliss-reactive ketones (excluding diaryl/α,β-unsaturated/α-hetero) is 2. The van der Waals surface area contributed by atoms with Crippen LogP contribution < -0.4 is 18.9 Å². The van der Waals surface area contributed by atoms with Gasteiger partial charge in [-0.05, 0) is 153 Å². The van der Waals surface area contributed by atoms with Crippen LogP contribution in [0.2, 0.25) is 0 Å². The van der Waals surface area contributed by atoms with Gasteiger partial charge in [0, 0.05) is 17.2 Å². The van der Waals surface area contributed by atoms with E-state index in [4.69, 9.17) is 24.3 Å². The average Bonchev–Trinajstić information content (AvgIpc) is 2.96. The maximum atomic E-state index is 11.5. The van der Waals surface area contributed by atoms with Crippen molar-refractivity contribution >= 4 is 108 Å². The number of phenols is 1. The molecule has 0 saturated carbocycles. The fourth-order valence-electron chi connectivity index (χ4n) is 3.50. The lowest BCUT2D eigenvalue weighted by molar-refractivity contribution is 0.100. The first-order valence-corrected chi connectivity index (χ1v) is 16.5. The van der Waals surface area contributed by atoms with Crippen LogP contribution in [-0.2, 0) is 0 Å². The number of ketones is 2. The lowest BCUT2D eigenvalue weighted by Gasteiger charge is -2.12. The van der Waals surface area contributed by atoms with Gasteiger partial charge in [-0.3, -0.25) is 9.59 Å². The average molecular weight is 1030 g/mol. The Labute approximate surface area is 302 Å². The number of ether oxygens (including phenoxy) is 4. The van der Waals surface area contributed by atoms with Crippen molar-refractivity contribution in [2.45, 2.75) is 13.8 Å². The molecule has 0 unspecified atom stereocenters. The minimum atomic E-state index is 0.00759. The van der Waals surface area contributed by atoms with Crippen LogP contribution >= 0.6 is 90.4 Å². The van der Waals surface area contributed by atoms with Crippen LogP contribution in [0.15, 0.2) is 60.7 Å². The van der Waals surface area contributed by atoms with E-state index in [0.717, 1.165) is 14.3 Å². The molecule has 0 saturated heterocycles. The zero-order valence-corrected chi connectivity index (χ0v) is 31.7. The molecule has 0 aliphatic heterocycles. The standard InChI is InChI=1S/C15H11I2N2O3.C15H12I2O4/c1-8(20)9-5-11(16)15(12(17)6-9)22-10-3-4-14(21-2)13(7-10)19-18;1-8(18)9-5-11(16)15(12(17)6-9)21-10-3-4-14(20-2)13(19)7-10/h3-7H,1-2H3;3-7,19H,1-2H3/q+1;. The van der Waals surface area contributed by atoms with Crippen molar-refractivity contribution in [3.8, 4) is 40.2 Å². The van der Waals surface area contributed by atoms with Gasteiger partial charge in [0.1, 0.15) is 11.5 Å². The van der Waals surface area contributed by atoms with Crippen LogP contribution in [0.1, 0.15) is 34.6 Å². The molecule has 222 valence electrons. The second-order valence-corrected chi connectivity index (χ2v) is 13.3. The molecular formula is C30H23I4N2O7+. The fraction of sp³-hybridized carbons (Fsp3) is 0.133. The fourth-order valence-corrected chi connectivity index (χ4v) is 7.48. The Hall–Kier alpha value is -2.44. The topological polar surface area (TPSA) is 119 Å². The number of phenolic OH excluding ortho intramolecular Hbond substituents is 1. The summed E-state index contributed by atoms with van der Waals surface area (Å²) in [6.07, 6.45) is 0. The van der Waals surface area contributed by atoms with Gasteiger partial charge in [-0.1, -0.05) is 0 Å². The summed E-state index contributed by atoms with van der Waals surface area (Å²) in [6.45, 7) is 3.06. The number of rotatable bonds is 8. The quantitative estimate of drug-likeness (QED) is 0.105. The highest BCUT2D eigenvalue weighted by atomic mass is 127. The van der Waals surface area contributed by atoms with Gasteiger partial charge in [0.05, 0.1) is 34.6 Å². The van der Waals surface area contributed by atoms with Gasteiger partial charge in [-0.2, -0.15) is 0 Å². The normalized spacial score (nSPS) is 10.1. The predicted octanol–water partition coefficient (Wildman–Crippen LogP) is 9.99. The molecule has 4 rings (SSSR count). The van der Waals surface area contributed by atoms with Crippen molar-refractivity contribution < 1.29 is 33.6 Å². The molecule has 0 atom stereocenters. The highest BCUT2D eigenvalue weighted by Gasteiger charge is 2.18. The molecule has 43 heavy (non-hydrogen) atoms. The Morgan fingerprint density at radius 2 is 1.07 bits per heavy atom. The first-order valence-electron chi connectivity index (χ1n) is 12.1. The molecule has 0 aliphatic rings. The number of methoxy groups -OCH3 is 2. The third kappa shape index (κ3) is 9.28. The van der Waals surface area contributed by atoms with Crippen LogP contribution in [0.5, 0.6) is 40.2 Å². The lowest BCUT2D eigenvalue weighted by Crippen LogP contribution is -1.98. The van der Waals surface area contributed by atoms with Crippen LogP contribution in [0.3, 0.4) is 0 Å². The minimum absolute atomic E-state index is 0.00759. The maximum Gasteiger partial charge on any atom is 0.429 e. The van der Waals surface area contributed by atoms with E-state index < -0.39 is 0 Å². The molecule has 0 aromatic heterocycles. The second kappa shape index (κ2) is 16.0. The summed E-state index contributed by atoms with van der Waals surface area (Å²) in [5, 5.41) is 18.8. The number of hydrogen-bond acceptors (Lipinski definition) is 8. The summed E-state index contributed by atoms with van der Waals surface area (Å²) >= 11 is 8.50. The van der Waals surface area contributed by atoms with Crippen molar-refractivity contribution in [2.24, 2.45) is 0 Å². The SMILES string of the molecule is COc1ccc(Oc2c(I)cc(C(C)=O)cc2I)cc1O.COc1ccc(Oc2c(I)cc(C(C)=O)cc2I)cc1[N+]#N. The summed E-state index contributed by atoms with van der Waals surface area (Å²) in [7, 11) is 2.98. The molecule has 0 heterocycles. The smallest absolute Gasteiger partial charge is 0.429 e. The van der Waals surface area contributed by atoms with Crippen molar-refractivity contribution in [1.82, 2.24) is 0 Å². The van der Waals surface area contributed by atoms with Crippen LogP contribution in [0.25, 0.3) is 4.98 Å². The Kier molecular flexibility index (Phi) is 13.1. The monoisotopic (exact) mass is 1030 g/mol. The molecule has 0 aliphatic carbocycles. The molecule has 4 aromatic rings. The highest BCUT2D eigenvalue weighted by molar-refractivity contribution is 14.1. The molecule has 9 nitrogen and oxygen atoms in total. The van der Waals surface area contributed by atoms with Gasteiger partial charge in [0.2, 0.25) is 11.1 Å². The van der Waals surface area contributed by atoms with Crippen molar-refractivity contribution in [2.75, 3.05) is 14.2 Å². The van der Waals surface area contributed by atoms with Crippen LogP contribution in [-0.4, -0.2) is 30.9 Å². The lowest BCUT2D eigenvalue weighted by atomic mass is 10.1. The van der Waals surface area contributed by atoms with Crippen molar-refractivity contribution in [1.29, 1.82) is 5.39 Å². The number of carbonyl (C=O) groups is 2. The molecule has 13 heteroatoms. The van der Waals surface area contributed by atoms with Gasteiger partial charge >= 0.3 is 5.69 Å². The van der Waals surface area contributed by atoms with E-state index in [-0.39, 0.29) is 23.0 Å². The summed E-state index contributed by atoms with van der Waals surface area (Å²) in [5.74, 6) is 3.20. The second-order valence-electron chi connectivity index (χ2n) is 8.62. The summed E-state index contributed by atoms with van der Waals surface area (Å²) in [4.78, 5) is 26.1. The third-order valence-corrected chi connectivity index (χ3v) is 8.86. The minimum Gasteiger partial charge on any atom is -0.504 e. The van der Waals surface area contributed by atoms with Gasteiger partial charge < -0.3 is 24.1 Å². The van der Waals surface area contributed by atoms with E-state index >= 15 is 0 Å². The number of diazo groups is 1. The van der Waals surface area contributed by atoms with E-state index in [1.165, 1.54) is 34.1 Å². The van der Waals surface area contributed by atoms with E-state index in [1.807, 2.05) is 0 Å². The maximum absolute atomic E-state index is 11.5. The molecule has 0 radical (unpaired) electrons. The molecule has 0 amide bonds. The van der Waals surface area contributed by atoms with Gasteiger partial charge in [0.15, 0.2) is 39.5 Å². The number of nitrogens with zero attached hydrogens (tertiary/aromatic N) is 2. The molecular weight excluding hydrogens is 1010 g/mol. The van der Waals surface area contributed by atoms with Crippen LogP contribution in [0, 0.1) is 19.7 Å². The molecule has 0 fully saturated rings. The molecule has 0 spiro atoms. The Balaban J connectivity index is 0.000000236. The first-order chi connectivity index (χ1) is 20.4. The Morgan fingerprint density at radius 3 is 1.42 bits per heavy atom.